The molecule has 1 aromatic heterocycles. The number of rotatable bonds is 5. The number of ether oxygens (including phenoxy) is 1. The Hall–Kier alpha value is -2.28. The van der Waals surface area contributed by atoms with Gasteiger partial charge in [0.25, 0.3) is 11.5 Å². The zero-order valence-corrected chi connectivity index (χ0v) is 16.6. The van der Waals surface area contributed by atoms with Crippen LogP contribution in [0.15, 0.2) is 52.2 Å². The summed E-state index contributed by atoms with van der Waals surface area (Å²) in [6.45, 7) is 3.20. The van der Waals surface area contributed by atoms with Crippen LogP contribution in [0.1, 0.15) is 29.2 Å². The van der Waals surface area contributed by atoms with Crippen LogP contribution in [0.5, 0.6) is 0 Å². The van der Waals surface area contributed by atoms with Gasteiger partial charge in [-0.1, -0.05) is 18.2 Å². The van der Waals surface area contributed by atoms with E-state index in [2.05, 4.69) is 0 Å². The van der Waals surface area contributed by atoms with Crippen LogP contribution in [-0.4, -0.2) is 52.0 Å². The van der Waals surface area contributed by atoms with Crippen LogP contribution in [0.3, 0.4) is 0 Å². The lowest BCUT2D eigenvalue weighted by atomic mass is 10.2. The summed E-state index contributed by atoms with van der Waals surface area (Å²) in [4.78, 5) is 37.7. The molecule has 2 aromatic rings. The summed E-state index contributed by atoms with van der Waals surface area (Å²) in [6, 6.07) is 8.81. The fourth-order valence-corrected chi connectivity index (χ4v) is 3.85. The Morgan fingerprint density at radius 2 is 1.86 bits per heavy atom. The number of aliphatic hydroxyl groups is 1. The Labute approximate surface area is 161 Å². The molecule has 1 N–H and O–H groups in total. The minimum atomic E-state index is -2.40. The maximum Gasteiger partial charge on any atom is 0.338 e. The van der Waals surface area contributed by atoms with Gasteiger partial charge in [-0.2, -0.15) is 4.57 Å². The number of benzene rings is 1. The minimum Gasteiger partial charge on any atom is -0.390 e. The Kier molecular flexibility index (Phi) is 5.84. The molecule has 1 heterocycles. The maximum atomic E-state index is 12.9. The van der Waals surface area contributed by atoms with Gasteiger partial charge in [-0.05, 0) is 38.3 Å². The summed E-state index contributed by atoms with van der Waals surface area (Å²) in [5.41, 5.74) is -1.23. The smallest absolute Gasteiger partial charge is 0.338 e. The normalized spacial score (nSPS) is 22.3. The summed E-state index contributed by atoms with van der Waals surface area (Å²) in [6.07, 6.45) is 0.550. The van der Waals surface area contributed by atoms with Crippen LogP contribution in [0.2, 0.25) is 0 Å². The van der Waals surface area contributed by atoms with Crippen LogP contribution in [0.4, 0.5) is 0 Å². The lowest BCUT2D eigenvalue weighted by molar-refractivity contribution is 0.000400. The molecule has 8 nitrogen and oxygen atoms in total. The molecule has 0 radical (unpaired) electrons. The molecule has 3 rings (SSSR count). The van der Waals surface area contributed by atoms with Gasteiger partial charge in [0.15, 0.2) is 0 Å². The Balaban J connectivity index is 1.88. The molecule has 1 unspecified atom stereocenters. The second kappa shape index (κ2) is 7.99. The van der Waals surface area contributed by atoms with Gasteiger partial charge in [0, 0.05) is 23.9 Å². The molecule has 1 aliphatic carbocycles. The number of carbonyl (C=O) groups is 1. The molecular formula is C19H23N2O6P. The molecule has 0 saturated heterocycles. The van der Waals surface area contributed by atoms with Crippen molar-refractivity contribution < 1.29 is 19.2 Å². The van der Waals surface area contributed by atoms with E-state index in [9.17, 15) is 24.1 Å². The molecule has 0 amide bonds. The van der Waals surface area contributed by atoms with Gasteiger partial charge in [0.2, 0.25) is 0 Å². The van der Waals surface area contributed by atoms with Crippen molar-refractivity contribution in [2.45, 2.75) is 31.1 Å². The molecule has 0 aliphatic heterocycles. The molecular weight excluding hydrogens is 383 g/mol. The van der Waals surface area contributed by atoms with Crippen LogP contribution in [-0.2, 0) is 9.30 Å². The molecule has 1 aromatic carbocycles. The van der Waals surface area contributed by atoms with Crippen LogP contribution >= 0.6 is 7.14 Å². The van der Waals surface area contributed by atoms with E-state index in [0.29, 0.717) is 11.0 Å². The topological polar surface area (TPSA) is 108 Å². The number of hydrogen-bond donors (Lipinski definition) is 1. The zero-order valence-electron chi connectivity index (χ0n) is 15.7. The molecule has 0 spiro atoms. The largest absolute Gasteiger partial charge is 0.390 e. The molecule has 3 atom stereocenters. The Bertz CT molecular complexity index is 1020. The third-order valence-corrected chi connectivity index (χ3v) is 5.44. The van der Waals surface area contributed by atoms with E-state index in [-0.39, 0.29) is 18.3 Å². The zero-order chi connectivity index (χ0) is 20.5. The van der Waals surface area contributed by atoms with Crippen LogP contribution in [0, 0.1) is 0 Å². The van der Waals surface area contributed by atoms with Crippen LogP contribution < -0.4 is 11.2 Å². The first kappa shape index (κ1) is 20.5. The number of carbonyl (C=O) groups excluding carboxylic acids is 1. The number of aliphatic hydroxyl groups excluding tert-OH is 1. The van der Waals surface area contributed by atoms with E-state index in [0.717, 1.165) is 6.07 Å². The molecule has 0 bridgehead atoms. The summed E-state index contributed by atoms with van der Waals surface area (Å²) in [7, 11) is -2.40. The van der Waals surface area contributed by atoms with Gasteiger partial charge >= 0.3 is 5.69 Å². The van der Waals surface area contributed by atoms with Crippen molar-refractivity contribution in [2.24, 2.45) is 0 Å². The first-order valence-electron chi connectivity index (χ1n) is 8.95. The summed E-state index contributed by atoms with van der Waals surface area (Å²) in [5, 5.41) is 10.3. The highest BCUT2D eigenvalue weighted by molar-refractivity contribution is 7.62. The number of hydrogen-bond acceptors (Lipinski definition) is 6. The molecule has 1 aliphatic rings. The maximum absolute atomic E-state index is 12.9. The Morgan fingerprint density at radius 1 is 1.18 bits per heavy atom. The number of nitrogens with zero attached hydrogens (tertiary/aromatic N) is 2. The van der Waals surface area contributed by atoms with Crippen molar-refractivity contribution in [1.82, 2.24) is 9.13 Å². The van der Waals surface area contributed by atoms with Crippen molar-refractivity contribution in [1.29, 1.82) is 0 Å². The first-order valence-corrected chi connectivity index (χ1v) is 11.7. The van der Waals surface area contributed by atoms with Crippen LogP contribution in [0.25, 0.3) is 0 Å². The van der Waals surface area contributed by atoms with Gasteiger partial charge in [-0.25, -0.2) is 4.79 Å². The summed E-state index contributed by atoms with van der Waals surface area (Å²) in [5.74, 6) is -0.700. The van der Waals surface area contributed by atoms with Gasteiger partial charge in [0.05, 0.1) is 18.6 Å². The van der Waals surface area contributed by atoms with E-state index >= 15 is 0 Å². The lowest BCUT2D eigenvalue weighted by Gasteiger charge is -2.17. The van der Waals surface area contributed by atoms with Gasteiger partial charge in [0.1, 0.15) is 7.14 Å². The molecule has 1 saturated carbocycles. The second-order valence-corrected chi connectivity index (χ2v) is 10.9. The summed E-state index contributed by atoms with van der Waals surface area (Å²) >= 11 is 0. The van der Waals surface area contributed by atoms with E-state index in [1.807, 2.05) is 0 Å². The molecule has 150 valence electrons. The van der Waals surface area contributed by atoms with E-state index in [4.69, 9.17) is 4.74 Å². The van der Waals surface area contributed by atoms with Gasteiger partial charge in [-0.15, -0.1) is 0 Å². The second-order valence-electron chi connectivity index (χ2n) is 7.45. The van der Waals surface area contributed by atoms with Crippen molar-refractivity contribution >= 4 is 13.0 Å². The van der Waals surface area contributed by atoms with E-state index in [1.54, 1.807) is 31.5 Å². The van der Waals surface area contributed by atoms with Gasteiger partial charge in [-0.3, -0.25) is 14.2 Å². The third-order valence-electron chi connectivity index (χ3n) is 4.67. The van der Waals surface area contributed by atoms with Crippen molar-refractivity contribution in [3.8, 4) is 0 Å². The highest BCUT2D eigenvalue weighted by atomic mass is 31.2. The average Bonchev–Trinajstić information content (AvgIpc) is 3.00. The van der Waals surface area contributed by atoms with Crippen molar-refractivity contribution in [2.75, 3.05) is 19.7 Å². The fourth-order valence-electron chi connectivity index (χ4n) is 3.30. The number of aromatic nitrogens is 2. The monoisotopic (exact) mass is 406 g/mol. The quantitative estimate of drug-likeness (QED) is 0.752. The summed E-state index contributed by atoms with van der Waals surface area (Å²) < 4.78 is 19.3. The first-order chi connectivity index (χ1) is 13.2. The van der Waals surface area contributed by atoms with Crippen molar-refractivity contribution in [3.05, 3.63) is 69.0 Å². The molecule has 28 heavy (non-hydrogen) atoms. The SMILES string of the molecule is CP(C)(=O)CO[C@H]1C[C@@H](n2ccc(=O)n(C(=O)c3ccccc3)c2=O)CC1O. The van der Waals surface area contributed by atoms with E-state index in [1.165, 1.54) is 22.9 Å². The standard InChI is InChI=1S/C19H23N2O6P/c1-28(2,26)12-27-16-11-14(10-15(16)22)20-9-8-17(23)21(19(20)25)18(24)13-6-4-3-5-7-13/h3-9,14-16,22H,10-12H2,1-2H3/t14-,15?,16-/m0/s1. The Morgan fingerprint density at radius 3 is 2.50 bits per heavy atom. The third kappa shape index (κ3) is 4.41. The lowest BCUT2D eigenvalue weighted by Crippen LogP contribution is -2.44. The van der Waals surface area contributed by atoms with Crippen molar-refractivity contribution in [3.63, 3.8) is 0 Å². The predicted octanol–water partition coefficient (Wildman–Crippen LogP) is 1.36. The highest BCUT2D eigenvalue weighted by Gasteiger charge is 2.36. The predicted molar refractivity (Wildman–Crippen MR) is 105 cm³/mol. The highest BCUT2D eigenvalue weighted by Crippen LogP contribution is 2.39. The fraction of sp³-hybridized carbons (Fsp3) is 0.421. The minimum absolute atomic E-state index is 0.0440. The molecule has 1 fully saturated rings. The molecule has 9 heteroatoms. The van der Waals surface area contributed by atoms with Gasteiger partial charge < -0.3 is 14.4 Å². The van der Waals surface area contributed by atoms with E-state index < -0.39 is 42.5 Å². The average molecular weight is 406 g/mol.